The summed E-state index contributed by atoms with van der Waals surface area (Å²) in [5.74, 6) is 5.63. The van der Waals surface area contributed by atoms with E-state index in [2.05, 4.69) is 22.1 Å². The smallest absolute Gasteiger partial charge is 0.278 e. The normalized spacial score (nSPS) is 9.59. The van der Waals surface area contributed by atoms with Gasteiger partial charge in [-0.15, -0.1) is 5.92 Å². The second kappa shape index (κ2) is 5.97. The first-order chi connectivity index (χ1) is 8.07. The predicted octanol–water partition coefficient (Wildman–Crippen LogP) is 1.72. The van der Waals surface area contributed by atoms with Crippen LogP contribution in [0.2, 0.25) is 0 Å². The number of nitro groups is 1. The molecule has 0 aliphatic heterocycles. The third kappa shape index (κ3) is 3.26. The van der Waals surface area contributed by atoms with Crippen LogP contribution in [0.3, 0.4) is 0 Å². The van der Waals surface area contributed by atoms with Crippen LogP contribution in [0.25, 0.3) is 0 Å². The molecule has 0 saturated heterocycles. The molecule has 1 aromatic heterocycles. The Balaban J connectivity index is 2.89. The van der Waals surface area contributed by atoms with Crippen molar-refractivity contribution in [2.24, 2.45) is 0 Å². The summed E-state index contributed by atoms with van der Waals surface area (Å²) in [5, 5.41) is 14.0. The van der Waals surface area contributed by atoms with E-state index in [0.29, 0.717) is 29.9 Å². The molecular weight excluding hydrogens is 218 g/mol. The highest BCUT2D eigenvalue weighted by Gasteiger charge is 2.17. The average molecular weight is 233 g/mol. The van der Waals surface area contributed by atoms with E-state index in [1.807, 2.05) is 0 Å². The number of aryl methyl sites for hydroxylation is 1. The highest BCUT2D eigenvalue weighted by Crippen LogP contribution is 2.23. The summed E-state index contributed by atoms with van der Waals surface area (Å²) >= 11 is 0. The molecule has 0 amide bonds. The molecule has 5 heteroatoms. The number of aromatic nitrogens is 1. The molecule has 0 bridgehead atoms. The van der Waals surface area contributed by atoms with Crippen LogP contribution in [0.4, 0.5) is 5.69 Å². The lowest BCUT2D eigenvalue weighted by Gasteiger charge is -2.07. The highest BCUT2D eigenvalue weighted by molar-refractivity contribution is 5.47. The molecule has 17 heavy (non-hydrogen) atoms. The minimum atomic E-state index is -0.359. The minimum Gasteiger partial charge on any atom is -0.301 e. The molecule has 0 aliphatic rings. The van der Waals surface area contributed by atoms with Crippen LogP contribution in [-0.2, 0) is 6.54 Å². The Bertz CT molecular complexity index is 487. The molecule has 0 saturated carbocycles. The molecule has 1 aromatic rings. The zero-order valence-electron chi connectivity index (χ0n) is 10.2. The maximum atomic E-state index is 10.9. The second-order valence-electron chi connectivity index (χ2n) is 3.65. The maximum absolute atomic E-state index is 10.9. The van der Waals surface area contributed by atoms with Gasteiger partial charge in [-0.3, -0.25) is 15.1 Å². The van der Waals surface area contributed by atoms with Gasteiger partial charge < -0.3 is 5.32 Å². The standard InChI is InChI=1S/C12H15N3O2/c1-4-5-6-13-8-11-10(3)12(15(16)17)9(2)7-14-11/h7,13H,6,8H2,1-3H3. The van der Waals surface area contributed by atoms with Crippen LogP contribution in [-0.4, -0.2) is 16.5 Å². The Hall–Kier alpha value is -1.93. The van der Waals surface area contributed by atoms with Crippen LogP contribution in [0.1, 0.15) is 23.7 Å². The van der Waals surface area contributed by atoms with Gasteiger partial charge in [0.2, 0.25) is 0 Å². The van der Waals surface area contributed by atoms with Crippen molar-refractivity contribution in [2.75, 3.05) is 6.54 Å². The lowest BCUT2D eigenvalue weighted by atomic mass is 10.1. The fourth-order valence-corrected chi connectivity index (χ4v) is 1.56. The lowest BCUT2D eigenvalue weighted by molar-refractivity contribution is -0.386. The fraction of sp³-hybridized carbons (Fsp3) is 0.417. The van der Waals surface area contributed by atoms with Gasteiger partial charge in [-0.05, 0) is 20.8 Å². The third-order valence-electron chi connectivity index (χ3n) is 2.44. The number of nitrogens with zero attached hydrogens (tertiary/aromatic N) is 2. The average Bonchev–Trinajstić information content (AvgIpc) is 2.26. The van der Waals surface area contributed by atoms with Crippen LogP contribution in [0, 0.1) is 35.8 Å². The summed E-state index contributed by atoms with van der Waals surface area (Å²) in [6.07, 6.45) is 1.54. The number of hydrogen-bond acceptors (Lipinski definition) is 4. The first kappa shape index (κ1) is 13.1. The van der Waals surface area contributed by atoms with Crippen molar-refractivity contribution in [3.8, 4) is 11.8 Å². The van der Waals surface area contributed by atoms with E-state index >= 15 is 0 Å². The molecule has 0 radical (unpaired) electrons. The second-order valence-corrected chi connectivity index (χ2v) is 3.65. The van der Waals surface area contributed by atoms with Crippen molar-refractivity contribution in [1.29, 1.82) is 0 Å². The van der Waals surface area contributed by atoms with Crippen molar-refractivity contribution in [1.82, 2.24) is 10.3 Å². The van der Waals surface area contributed by atoms with E-state index in [0.717, 1.165) is 0 Å². The van der Waals surface area contributed by atoms with Gasteiger partial charge in [0.25, 0.3) is 5.69 Å². The molecule has 5 nitrogen and oxygen atoms in total. The van der Waals surface area contributed by atoms with Gasteiger partial charge in [0.05, 0.1) is 17.2 Å². The SMILES string of the molecule is CC#CCNCc1ncc(C)c([N+](=O)[O-])c1C. The van der Waals surface area contributed by atoms with Gasteiger partial charge in [-0.25, -0.2) is 0 Å². The van der Waals surface area contributed by atoms with Gasteiger partial charge in [0, 0.05) is 23.9 Å². The van der Waals surface area contributed by atoms with E-state index < -0.39 is 0 Å². The minimum absolute atomic E-state index is 0.151. The summed E-state index contributed by atoms with van der Waals surface area (Å²) in [4.78, 5) is 14.8. The third-order valence-corrected chi connectivity index (χ3v) is 2.44. The molecule has 0 unspecified atom stereocenters. The van der Waals surface area contributed by atoms with Crippen molar-refractivity contribution in [2.45, 2.75) is 27.3 Å². The molecule has 0 fully saturated rings. The first-order valence-corrected chi connectivity index (χ1v) is 5.27. The monoisotopic (exact) mass is 233 g/mol. The van der Waals surface area contributed by atoms with Gasteiger partial charge in [-0.1, -0.05) is 5.92 Å². The Kier molecular flexibility index (Phi) is 4.61. The molecule has 1 N–H and O–H groups in total. The number of rotatable bonds is 4. The van der Waals surface area contributed by atoms with Crippen molar-refractivity contribution in [3.05, 3.63) is 33.1 Å². The van der Waals surface area contributed by atoms with E-state index in [4.69, 9.17) is 0 Å². The Morgan fingerprint density at radius 2 is 2.24 bits per heavy atom. The molecule has 0 aromatic carbocycles. The number of pyridine rings is 1. The molecule has 0 aliphatic carbocycles. The summed E-state index contributed by atoms with van der Waals surface area (Å²) in [6, 6.07) is 0. The molecule has 1 heterocycles. The van der Waals surface area contributed by atoms with Gasteiger partial charge in [0.15, 0.2) is 0 Å². The van der Waals surface area contributed by atoms with Crippen LogP contribution < -0.4 is 5.32 Å². The first-order valence-electron chi connectivity index (χ1n) is 5.27. The lowest BCUT2D eigenvalue weighted by Crippen LogP contribution is -2.16. The zero-order valence-corrected chi connectivity index (χ0v) is 10.2. The van der Waals surface area contributed by atoms with Crippen LogP contribution in [0.15, 0.2) is 6.20 Å². The summed E-state index contributed by atoms with van der Waals surface area (Å²) in [6.45, 7) is 6.22. The predicted molar refractivity (Wildman–Crippen MR) is 65.5 cm³/mol. The molecule has 0 spiro atoms. The van der Waals surface area contributed by atoms with Crippen molar-refractivity contribution in [3.63, 3.8) is 0 Å². The zero-order chi connectivity index (χ0) is 12.8. The quantitative estimate of drug-likeness (QED) is 0.372. The highest BCUT2D eigenvalue weighted by atomic mass is 16.6. The van der Waals surface area contributed by atoms with E-state index in [-0.39, 0.29) is 10.6 Å². The Labute approximate surface area is 100 Å². The maximum Gasteiger partial charge on any atom is 0.278 e. The molecule has 0 atom stereocenters. The molecule has 90 valence electrons. The number of nitrogens with one attached hydrogen (secondary N) is 1. The Morgan fingerprint density at radius 3 is 2.82 bits per heavy atom. The van der Waals surface area contributed by atoms with Gasteiger partial charge >= 0.3 is 0 Å². The summed E-state index contributed by atoms with van der Waals surface area (Å²) in [7, 11) is 0. The van der Waals surface area contributed by atoms with Crippen LogP contribution >= 0.6 is 0 Å². The van der Waals surface area contributed by atoms with Gasteiger partial charge in [0.1, 0.15) is 0 Å². The number of hydrogen-bond donors (Lipinski definition) is 1. The van der Waals surface area contributed by atoms with Crippen molar-refractivity contribution >= 4 is 5.69 Å². The van der Waals surface area contributed by atoms with E-state index in [1.165, 1.54) is 6.20 Å². The van der Waals surface area contributed by atoms with E-state index in [1.54, 1.807) is 20.8 Å². The van der Waals surface area contributed by atoms with Crippen LogP contribution in [0.5, 0.6) is 0 Å². The molecular formula is C12H15N3O2. The summed E-state index contributed by atoms with van der Waals surface area (Å²) < 4.78 is 0. The Morgan fingerprint density at radius 1 is 1.53 bits per heavy atom. The molecule has 1 rings (SSSR count). The van der Waals surface area contributed by atoms with E-state index in [9.17, 15) is 10.1 Å². The van der Waals surface area contributed by atoms with Crippen molar-refractivity contribution < 1.29 is 4.92 Å². The van der Waals surface area contributed by atoms with Gasteiger partial charge in [-0.2, -0.15) is 0 Å². The topological polar surface area (TPSA) is 68.1 Å². The summed E-state index contributed by atoms with van der Waals surface area (Å²) in [5.41, 5.74) is 2.05. The fourth-order valence-electron chi connectivity index (χ4n) is 1.56. The largest absolute Gasteiger partial charge is 0.301 e.